The monoisotopic (exact) mass is 389 g/mol. The molecule has 0 saturated carbocycles. The molecule has 2 amide bonds. The molecule has 144 valence electrons. The van der Waals surface area contributed by atoms with Crippen LogP contribution in [0.3, 0.4) is 0 Å². The van der Waals surface area contributed by atoms with E-state index in [9.17, 15) is 9.59 Å². The van der Waals surface area contributed by atoms with E-state index in [-0.39, 0.29) is 18.4 Å². The molecule has 0 radical (unpaired) electrons. The Labute approximate surface area is 162 Å². The molecule has 27 heavy (non-hydrogen) atoms. The molecule has 0 bridgehead atoms. The zero-order valence-electron chi connectivity index (χ0n) is 15.5. The van der Waals surface area contributed by atoms with Gasteiger partial charge in [0, 0.05) is 43.3 Å². The van der Waals surface area contributed by atoms with Crippen LogP contribution in [0.5, 0.6) is 5.75 Å². The summed E-state index contributed by atoms with van der Waals surface area (Å²) in [5, 5.41) is 3.59. The van der Waals surface area contributed by atoms with Crippen molar-refractivity contribution in [2.75, 3.05) is 44.7 Å². The zero-order chi connectivity index (χ0) is 19.2. The fraction of sp³-hybridized carbons (Fsp3) is 0.444. The molecule has 1 aliphatic heterocycles. The SMILES string of the molecule is COc1cccc(C(=O)NCC(=O)N2CCCN(c3nc(C)ns3)CC2)c1. The Morgan fingerprint density at radius 1 is 1.26 bits per heavy atom. The number of aromatic nitrogens is 2. The van der Waals surface area contributed by atoms with Crippen LogP contribution in [0.25, 0.3) is 0 Å². The van der Waals surface area contributed by atoms with Gasteiger partial charge in [0.2, 0.25) is 11.0 Å². The first-order chi connectivity index (χ1) is 13.1. The summed E-state index contributed by atoms with van der Waals surface area (Å²) in [5.41, 5.74) is 0.468. The quantitative estimate of drug-likeness (QED) is 0.830. The van der Waals surface area contributed by atoms with Gasteiger partial charge in [-0.1, -0.05) is 6.07 Å². The number of carbonyl (C=O) groups is 2. The Balaban J connectivity index is 1.51. The van der Waals surface area contributed by atoms with Crippen molar-refractivity contribution in [1.29, 1.82) is 0 Å². The van der Waals surface area contributed by atoms with E-state index in [2.05, 4.69) is 19.6 Å². The fourth-order valence-electron chi connectivity index (χ4n) is 2.91. The number of amides is 2. The lowest BCUT2D eigenvalue weighted by atomic mass is 10.2. The third-order valence-corrected chi connectivity index (χ3v) is 5.24. The molecule has 0 spiro atoms. The van der Waals surface area contributed by atoms with Gasteiger partial charge in [-0.2, -0.15) is 4.37 Å². The Kier molecular flexibility index (Phi) is 6.23. The van der Waals surface area contributed by atoms with Crippen LogP contribution >= 0.6 is 11.5 Å². The maximum Gasteiger partial charge on any atom is 0.251 e. The van der Waals surface area contributed by atoms with Crippen molar-refractivity contribution >= 4 is 28.5 Å². The predicted octanol–water partition coefficient (Wildman–Crippen LogP) is 1.32. The first-order valence-electron chi connectivity index (χ1n) is 8.82. The van der Waals surface area contributed by atoms with Gasteiger partial charge in [-0.05, 0) is 31.5 Å². The normalized spacial score (nSPS) is 14.6. The average Bonchev–Trinajstić information content (AvgIpc) is 2.97. The molecule has 1 saturated heterocycles. The molecule has 2 heterocycles. The summed E-state index contributed by atoms with van der Waals surface area (Å²) in [6.07, 6.45) is 0.855. The van der Waals surface area contributed by atoms with Crippen LogP contribution < -0.4 is 15.0 Å². The second-order valence-electron chi connectivity index (χ2n) is 6.26. The highest BCUT2D eigenvalue weighted by atomic mass is 32.1. The molecule has 1 fully saturated rings. The molecule has 8 nitrogen and oxygen atoms in total. The molecule has 3 rings (SSSR count). The minimum Gasteiger partial charge on any atom is -0.497 e. The van der Waals surface area contributed by atoms with E-state index in [1.165, 1.54) is 11.5 Å². The van der Waals surface area contributed by atoms with Gasteiger partial charge in [-0.3, -0.25) is 9.59 Å². The van der Waals surface area contributed by atoms with Crippen molar-refractivity contribution in [3.63, 3.8) is 0 Å². The molecule has 1 N–H and O–H groups in total. The van der Waals surface area contributed by atoms with Crippen LogP contribution in [0.4, 0.5) is 5.13 Å². The van der Waals surface area contributed by atoms with Gasteiger partial charge in [0.15, 0.2) is 0 Å². The average molecular weight is 389 g/mol. The topological polar surface area (TPSA) is 87.7 Å². The van der Waals surface area contributed by atoms with E-state index in [0.717, 1.165) is 23.9 Å². The molecular formula is C18H23N5O3S. The van der Waals surface area contributed by atoms with Gasteiger partial charge in [0.05, 0.1) is 13.7 Å². The summed E-state index contributed by atoms with van der Waals surface area (Å²) in [5.74, 6) is 1.01. The van der Waals surface area contributed by atoms with Crippen LogP contribution in [-0.2, 0) is 4.79 Å². The van der Waals surface area contributed by atoms with Crippen LogP contribution in [0.15, 0.2) is 24.3 Å². The number of nitrogens with zero attached hydrogens (tertiary/aromatic N) is 4. The van der Waals surface area contributed by atoms with Crippen LogP contribution in [-0.4, -0.2) is 65.9 Å². The largest absolute Gasteiger partial charge is 0.497 e. The highest BCUT2D eigenvalue weighted by molar-refractivity contribution is 7.09. The standard InChI is InChI=1S/C18H23N5O3S/c1-13-20-18(27-21-13)23-8-4-7-22(9-10-23)16(24)12-19-17(25)14-5-3-6-15(11-14)26-2/h3,5-6,11H,4,7-10,12H2,1-2H3,(H,19,25). The summed E-state index contributed by atoms with van der Waals surface area (Å²) < 4.78 is 9.34. The smallest absolute Gasteiger partial charge is 0.251 e. The van der Waals surface area contributed by atoms with Crippen molar-refractivity contribution in [2.45, 2.75) is 13.3 Å². The third kappa shape index (κ3) is 4.94. The van der Waals surface area contributed by atoms with Crippen molar-refractivity contribution < 1.29 is 14.3 Å². The minimum absolute atomic E-state index is 0.0199. The maximum atomic E-state index is 12.5. The number of hydrogen-bond donors (Lipinski definition) is 1. The maximum absolute atomic E-state index is 12.5. The molecule has 1 aliphatic rings. The number of ether oxygens (including phenoxy) is 1. The number of hydrogen-bond acceptors (Lipinski definition) is 7. The van der Waals surface area contributed by atoms with Crippen molar-refractivity contribution in [2.24, 2.45) is 0 Å². The third-order valence-electron chi connectivity index (χ3n) is 4.37. The molecule has 2 aromatic rings. The minimum atomic E-state index is -0.289. The molecule has 0 aliphatic carbocycles. The van der Waals surface area contributed by atoms with Gasteiger partial charge in [0.25, 0.3) is 5.91 Å². The number of carbonyl (C=O) groups excluding carboxylic acids is 2. The van der Waals surface area contributed by atoms with Crippen LogP contribution in [0.2, 0.25) is 0 Å². The summed E-state index contributed by atoms with van der Waals surface area (Å²) >= 11 is 1.38. The molecule has 0 atom stereocenters. The fourth-order valence-corrected chi connectivity index (χ4v) is 3.63. The van der Waals surface area contributed by atoms with Crippen molar-refractivity contribution in [3.05, 3.63) is 35.7 Å². The molecule has 9 heteroatoms. The lowest BCUT2D eigenvalue weighted by molar-refractivity contribution is -0.129. The Hall–Kier alpha value is -2.68. The van der Waals surface area contributed by atoms with Gasteiger partial charge in [0.1, 0.15) is 11.6 Å². The van der Waals surface area contributed by atoms with Gasteiger partial charge >= 0.3 is 0 Å². The van der Waals surface area contributed by atoms with E-state index in [1.807, 2.05) is 6.92 Å². The predicted molar refractivity (Wildman–Crippen MR) is 103 cm³/mol. The number of rotatable bonds is 5. The van der Waals surface area contributed by atoms with Gasteiger partial charge in [-0.25, -0.2) is 4.98 Å². The van der Waals surface area contributed by atoms with Crippen LogP contribution in [0.1, 0.15) is 22.6 Å². The van der Waals surface area contributed by atoms with Gasteiger partial charge in [-0.15, -0.1) is 0 Å². The molecule has 0 unspecified atom stereocenters. The van der Waals surface area contributed by atoms with Gasteiger partial charge < -0.3 is 19.9 Å². The molecule has 1 aromatic carbocycles. The number of benzene rings is 1. The summed E-state index contributed by atoms with van der Waals surface area (Å²) in [6.45, 7) is 4.68. The number of methoxy groups -OCH3 is 1. The zero-order valence-corrected chi connectivity index (χ0v) is 16.3. The lowest BCUT2D eigenvalue weighted by Crippen LogP contribution is -2.42. The highest BCUT2D eigenvalue weighted by Gasteiger charge is 2.21. The summed E-state index contributed by atoms with van der Waals surface area (Å²) in [7, 11) is 1.55. The summed E-state index contributed by atoms with van der Waals surface area (Å²) in [4.78, 5) is 33.1. The highest BCUT2D eigenvalue weighted by Crippen LogP contribution is 2.18. The first-order valence-corrected chi connectivity index (χ1v) is 9.59. The van der Waals surface area contributed by atoms with E-state index >= 15 is 0 Å². The van der Waals surface area contributed by atoms with Crippen LogP contribution in [0, 0.1) is 6.92 Å². The van der Waals surface area contributed by atoms with E-state index < -0.39 is 0 Å². The van der Waals surface area contributed by atoms with E-state index in [1.54, 1.807) is 36.3 Å². The Bertz CT molecular complexity index is 810. The second-order valence-corrected chi connectivity index (χ2v) is 6.99. The Morgan fingerprint density at radius 2 is 2.11 bits per heavy atom. The van der Waals surface area contributed by atoms with E-state index in [0.29, 0.717) is 30.9 Å². The lowest BCUT2D eigenvalue weighted by Gasteiger charge is -2.21. The first kappa shape index (κ1) is 19.1. The summed E-state index contributed by atoms with van der Waals surface area (Å²) in [6, 6.07) is 6.85. The van der Waals surface area contributed by atoms with E-state index in [4.69, 9.17) is 4.74 Å². The number of nitrogens with one attached hydrogen (secondary N) is 1. The van der Waals surface area contributed by atoms with Crippen molar-refractivity contribution in [1.82, 2.24) is 19.6 Å². The number of aryl methyl sites for hydroxylation is 1. The Morgan fingerprint density at radius 3 is 2.85 bits per heavy atom. The number of anilines is 1. The molecule has 1 aromatic heterocycles. The second kappa shape index (κ2) is 8.81. The van der Waals surface area contributed by atoms with Crippen molar-refractivity contribution in [3.8, 4) is 5.75 Å². The molecular weight excluding hydrogens is 366 g/mol.